The van der Waals surface area contributed by atoms with E-state index >= 15 is 0 Å². The molecule has 0 unspecified atom stereocenters. The number of hydrogen-bond acceptors (Lipinski definition) is 3. The normalized spacial score (nSPS) is 10.8. The molecule has 0 bridgehead atoms. The molecular formula is C15H17FN2O2. The number of anilines is 1. The summed E-state index contributed by atoms with van der Waals surface area (Å²) in [6.45, 7) is 1.87. The molecule has 0 radical (unpaired) electrons. The number of carboxylic acids is 1. The lowest BCUT2D eigenvalue weighted by atomic mass is 10.0. The summed E-state index contributed by atoms with van der Waals surface area (Å²) in [5, 5.41) is 9.50. The summed E-state index contributed by atoms with van der Waals surface area (Å²) in [5.74, 6) is -1.27. The van der Waals surface area contributed by atoms with E-state index in [9.17, 15) is 9.18 Å². The lowest BCUT2D eigenvalue weighted by molar-refractivity contribution is -0.136. The van der Waals surface area contributed by atoms with Gasteiger partial charge in [-0.25, -0.2) is 4.39 Å². The summed E-state index contributed by atoms with van der Waals surface area (Å²) in [7, 11) is 3.77. The number of aromatic nitrogens is 1. The summed E-state index contributed by atoms with van der Waals surface area (Å²) < 4.78 is 13.8. The van der Waals surface area contributed by atoms with Gasteiger partial charge in [0.1, 0.15) is 5.82 Å². The quantitative estimate of drug-likeness (QED) is 0.933. The molecule has 0 saturated heterocycles. The molecule has 1 aromatic heterocycles. The monoisotopic (exact) mass is 276 g/mol. The first-order valence-electron chi connectivity index (χ1n) is 6.37. The third kappa shape index (κ3) is 2.87. The number of pyridine rings is 1. The minimum atomic E-state index is -0.900. The zero-order valence-corrected chi connectivity index (χ0v) is 11.8. The second-order valence-corrected chi connectivity index (χ2v) is 5.03. The van der Waals surface area contributed by atoms with E-state index in [1.165, 1.54) is 12.1 Å². The Morgan fingerprint density at radius 3 is 2.65 bits per heavy atom. The average Bonchev–Trinajstić information content (AvgIpc) is 2.35. The van der Waals surface area contributed by atoms with Crippen LogP contribution in [0.15, 0.2) is 18.2 Å². The van der Waals surface area contributed by atoms with Crippen LogP contribution >= 0.6 is 0 Å². The summed E-state index contributed by atoms with van der Waals surface area (Å²) in [5.41, 5.74) is 3.01. The van der Waals surface area contributed by atoms with Crippen LogP contribution in [0.4, 0.5) is 10.1 Å². The minimum Gasteiger partial charge on any atom is -0.481 e. The Hall–Kier alpha value is -2.17. The first-order chi connectivity index (χ1) is 9.38. The van der Waals surface area contributed by atoms with Gasteiger partial charge in [-0.15, -0.1) is 0 Å². The van der Waals surface area contributed by atoms with Gasteiger partial charge in [0.05, 0.1) is 5.52 Å². The van der Waals surface area contributed by atoms with Gasteiger partial charge < -0.3 is 10.0 Å². The molecule has 20 heavy (non-hydrogen) atoms. The van der Waals surface area contributed by atoms with Crippen molar-refractivity contribution >= 4 is 22.6 Å². The fourth-order valence-corrected chi connectivity index (χ4v) is 2.27. The highest BCUT2D eigenvalue weighted by atomic mass is 19.1. The molecule has 5 heteroatoms. The predicted molar refractivity (Wildman–Crippen MR) is 76.7 cm³/mol. The SMILES string of the molecule is Cc1cc(N(C)C)c2cc(F)cc(CCC(=O)O)c2n1. The molecule has 2 aromatic rings. The largest absolute Gasteiger partial charge is 0.481 e. The summed E-state index contributed by atoms with van der Waals surface area (Å²) in [6.07, 6.45) is 0.235. The first kappa shape index (κ1) is 14.2. The third-order valence-electron chi connectivity index (χ3n) is 3.15. The molecule has 0 aliphatic heterocycles. The second kappa shape index (κ2) is 5.45. The highest BCUT2D eigenvalue weighted by Crippen LogP contribution is 2.29. The van der Waals surface area contributed by atoms with Gasteiger partial charge >= 0.3 is 5.97 Å². The molecule has 1 heterocycles. The highest BCUT2D eigenvalue weighted by Gasteiger charge is 2.12. The molecule has 0 amide bonds. The van der Waals surface area contributed by atoms with Crippen molar-refractivity contribution in [1.29, 1.82) is 0 Å². The zero-order chi connectivity index (χ0) is 14.9. The van der Waals surface area contributed by atoms with Crippen molar-refractivity contribution in [3.05, 3.63) is 35.3 Å². The van der Waals surface area contributed by atoms with Crippen molar-refractivity contribution in [1.82, 2.24) is 4.98 Å². The van der Waals surface area contributed by atoms with Crippen LogP contribution in [0.5, 0.6) is 0 Å². The molecular weight excluding hydrogens is 259 g/mol. The van der Waals surface area contributed by atoms with Crippen LogP contribution in [0.2, 0.25) is 0 Å². The number of carboxylic acid groups (broad SMARTS) is 1. The van der Waals surface area contributed by atoms with Crippen LogP contribution < -0.4 is 4.90 Å². The number of halogens is 1. The lowest BCUT2D eigenvalue weighted by Crippen LogP contribution is -2.10. The molecule has 106 valence electrons. The maximum atomic E-state index is 13.8. The number of fused-ring (bicyclic) bond motifs is 1. The summed E-state index contributed by atoms with van der Waals surface area (Å²) in [4.78, 5) is 17.1. The maximum absolute atomic E-state index is 13.8. The fraction of sp³-hybridized carbons (Fsp3) is 0.333. The summed E-state index contributed by atoms with van der Waals surface area (Å²) in [6, 6.07) is 4.71. The Morgan fingerprint density at radius 1 is 1.35 bits per heavy atom. The molecule has 0 saturated carbocycles. The molecule has 0 fully saturated rings. The Bertz CT molecular complexity index is 668. The standard InChI is InChI=1S/C15H17FN2O2/c1-9-6-13(18(2)3)12-8-11(16)7-10(15(12)17-9)4-5-14(19)20/h6-8H,4-5H2,1-3H3,(H,19,20). The number of nitrogens with zero attached hydrogens (tertiary/aromatic N) is 2. The van der Waals surface area contributed by atoms with Gasteiger partial charge in [-0.3, -0.25) is 9.78 Å². The van der Waals surface area contributed by atoms with Crippen molar-refractivity contribution in [3.63, 3.8) is 0 Å². The Kier molecular flexibility index (Phi) is 3.88. The van der Waals surface area contributed by atoms with Gasteiger partial charge in [-0.1, -0.05) is 0 Å². The first-order valence-corrected chi connectivity index (χ1v) is 6.37. The molecule has 2 rings (SSSR count). The van der Waals surface area contributed by atoms with Crippen molar-refractivity contribution < 1.29 is 14.3 Å². The van der Waals surface area contributed by atoms with Crippen molar-refractivity contribution in [2.45, 2.75) is 19.8 Å². The lowest BCUT2D eigenvalue weighted by Gasteiger charge is -2.17. The van der Waals surface area contributed by atoms with E-state index in [-0.39, 0.29) is 18.7 Å². The molecule has 0 aliphatic carbocycles. The van der Waals surface area contributed by atoms with E-state index in [1.54, 1.807) is 0 Å². The van der Waals surface area contributed by atoms with Gasteiger partial charge in [-0.05, 0) is 37.1 Å². The number of benzene rings is 1. The minimum absolute atomic E-state index is 0.0362. The number of carbonyl (C=O) groups is 1. The maximum Gasteiger partial charge on any atom is 0.303 e. The van der Waals surface area contributed by atoms with Gasteiger partial charge in [0.25, 0.3) is 0 Å². The van der Waals surface area contributed by atoms with E-state index in [0.29, 0.717) is 16.5 Å². The Morgan fingerprint density at radius 2 is 2.05 bits per heavy atom. The van der Waals surface area contributed by atoms with Gasteiger partial charge in [0, 0.05) is 37.3 Å². The molecule has 0 atom stereocenters. The van der Waals surface area contributed by atoms with Crippen LogP contribution in [-0.4, -0.2) is 30.2 Å². The van der Waals surface area contributed by atoms with Crippen LogP contribution in [0.3, 0.4) is 0 Å². The van der Waals surface area contributed by atoms with Crippen LogP contribution in [0.25, 0.3) is 10.9 Å². The van der Waals surface area contributed by atoms with Crippen molar-refractivity contribution in [3.8, 4) is 0 Å². The van der Waals surface area contributed by atoms with Crippen molar-refractivity contribution in [2.24, 2.45) is 0 Å². The van der Waals surface area contributed by atoms with E-state index < -0.39 is 5.97 Å². The number of hydrogen-bond donors (Lipinski definition) is 1. The van der Waals surface area contributed by atoms with Crippen LogP contribution in [-0.2, 0) is 11.2 Å². The fourth-order valence-electron chi connectivity index (χ4n) is 2.27. The number of aliphatic carboxylic acids is 1. The smallest absolute Gasteiger partial charge is 0.303 e. The van der Waals surface area contributed by atoms with Gasteiger partial charge in [0.2, 0.25) is 0 Å². The van der Waals surface area contributed by atoms with Gasteiger partial charge in [0.15, 0.2) is 0 Å². The average molecular weight is 276 g/mol. The van der Waals surface area contributed by atoms with Crippen LogP contribution in [0.1, 0.15) is 17.7 Å². The molecule has 1 N–H and O–H groups in total. The number of rotatable bonds is 4. The highest BCUT2D eigenvalue weighted by molar-refractivity contribution is 5.94. The summed E-state index contributed by atoms with van der Waals surface area (Å²) >= 11 is 0. The van der Waals surface area contributed by atoms with E-state index in [4.69, 9.17) is 5.11 Å². The molecule has 4 nitrogen and oxygen atoms in total. The van der Waals surface area contributed by atoms with Crippen molar-refractivity contribution in [2.75, 3.05) is 19.0 Å². The predicted octanol–water partition coefficient (Wildman–Crippen LogP) is 2.77. The Balaban J connectivity index is 2.66. The number of aryl methyl sites for hydroxylation is 2. The topological polar surface area (TPSA) is 53.4 Å². The molecule has 0 aliphatic rings. The second-order valence-electron chi connectivity index (χ2n) is 5.03. The van der Waals surface area contributed by atoms with Gasteiger partial charge in [-0.2, -0.15) is 0 Å². The molecule has 0 spiro atoms. The molecule has 1 aromatic carbocycles. The van der Waals surface area contributed by atoms with E-state index in [1.807, 2.05) is 32.0 Å². The third-order valence-corrected chi connectivity index (χ3v) is 3.15. The zero-order valence-electron chi connectivity index (χ0n) is 11.8. The Labute approximate surface area is 116 Å². The van der Waals surface area contributed by atoms with E-state index in [0.717, 1.165) is 11.4 Å². The van der Waals surface area contributed by atoms with E-state index in [2.05, 4.69) is 4.98 Å². The van der Waals surface area contributed by atoms with Crippen LogP contribution in [0, 0.1) is 12.7 Å².